The molecule has 4 rings (SSSR count). The van der Waals surface area contributed by atoms with Crippen molar-refractivity contribution < 1.29 is 25.2 Å². The Morgan fingerprint density at radius 2 is 1.69 bits per heavy atom. The molecule has 0 radical (unpaired) electrons. The summed E-state index contributed by atoms with van der Waals surface area (Å²) in [5.41, 5.74) is 3.91. The second kappa shape index (κ2) is 8.49. The summed E-state index contributed by atoms with van der Waals surface area (Å²) in [6.45, 7) is 1.68. The fourth-order valence-corrected chi connectivity index (χ4v) is 4.43. The Balaban J connectivity index is 1.54. The van der Waals surface area contributed by atoms with E-state index in [0.717, 1.165) is 18.7 Å². The molecule has 2 aliphatic heterocycles. The number of rotatable bonds is 4. The SMILES string of the molecule is OCC1OC(c2ccc(Cl)c(CN3Cc4ccc(Cl)cc4C3)c2)C(O)C(O)C1O. The minimum atomic E-state index is -1.41. The average Bonchev–Trinajstić information content (AvgIpc) is 3.10. The third kappa shape index (κ3) is 4.17. The van der Waals surface area contributed by atoms with Crippen molar-refractivity contribution in [3.05, 3.63) is 68.7 Å². The maximum Gasteiger partial charge on any atom is 0.113 e. The second-order valence-corrected chi connectivity index (χ2v) is 8.50. The Kier molecular flexibility index (Phi) is 6.16. The molecule has 4 N–H and O–H groups in total. The number of halogens is 2. The molecule has 6 nitrogen and oxygen atoms in total. The summed E-state index contributed by atoms with van der Waals surface area (Å²) in [4.78, 5) is 2.24. The monoisotopic (exact) mass is 439 g/mol. The largest absolute Gasteiger partial charge is 0.394 e. The van der Waals surface area contributed by atoms with Crippen LogP contribution in [0.3, 0.4) is 0 Å². The van der Waals surface area contributed by atoms with Crippen LogP contribution < -0.4 is 0 Å². The smallest absolute Gasteiger partial charge is 0.113 e. The number of hydrogen-bond acceptors (Lipinski definition) is 6. The zero-order valence-corrected chi connectivity index (χ0v) is 17.1. The van der Waals surface area contributed by atoms with Crippen molar-refractivity contribution >= 4 is 23.2 Å². The second-order valence-electron chi connectivity index (χ2n) is 7.66. The molecule has 0 spiro atoms. The summed E-state index contributed by atoms with van der Waals surface area (Å²) in [6, 6.07) is 11.2. The summed E-state index contributed by atoms with van der Waals surface area (Å²) in [6.07, 6.45) is -5.94. The van der Waals surface area contributed by atoms with E-state index in [1.807, 2.05) is 24.3 Å². The van der Waals surface area contributed by atoms with Crippen LogP contribution in [-0.2, 0) is 24.4 Å². The van der Waals surface area contributed by atoms with Gasteiger partial charge < -0.3 is 25.2 Å². The third-order valence-electron chi connectivity index (χ3n) is 5.64. The predicted octanol–water partition coefficient (Wildman–Crippen LogP) is 2.02. The minimum absolute atomic E-state index is 0.462. The number of hydrogen-bond donors (Lipinski definition) is 4. The van der Waals surface area contributed by atoms with Gasteiger partial charge in [0.05, 0.1) is 6.61 Å². The van der Waals surface area contributed by atoms with E-state index in [1.165, 1.54) is 11.1 Å². The van der Waals surface area contributed by atoms with Gasteiger partial charge in [-0.3, -0.25) is 4.90 Å². The van der Waals surface area contributed by atoms with E-state index in [9.17, 15) is 20.4 Å². The normalized spacial score (nSPS) is 29.8. The standard InChI is InChI=1S/C21H23Cl2NO5/c22-15-3-1-12-7-24(8-13(12)6-15)9-14-5-11(2-4-16(14)23)21-20(28)19(27)18(26)17(10-25)29-21/h1-6,17-21,25-28H,7-10H2. The summed E-state index contributed by atoms with van der Waals surface area (Å²) in [5.74, 6) is 0. The van der Waals surface area contributed by atoms with Crippen LogP contribution in [0.5, 0.6) is 0 Å². The molecule has 0 amide bonds. The van der Waals surface area contributed by atoms with Gasteiger partial charge in [-0.25, -0.2) is 0 Å². The van der Waals surface area contributed by atoms with Crippen LogP contribution in [0.4, 0.5) is 0 Å². The minimum Gasteiger partial charge on any atom is -0.394 e. The lowest BCUT2D eigenvalue weighted by Crippen LogP contribution is -2.55. The Bertz CT molecular complexity index is 893. The molecule has 1 fully saturated rings. The summed E-state index contributed by atoms with van der Waals surface area (Å²) >= 11 is 12.5. The summed E-state index contributed by atoms with van der Waals surface area (Å²) < 4.78 is 5.66. The lowest BCUT2D eigenvalue weighted by molar-refractivity contribution is -0.231. The molecule has 8 heteroatoms. The first-order valence-electron chi connectivity index (χ1n) is 9.46. The molecular weight excluding hydrogens is 417 g/mol. The van der Waals surface area contributed by atoms with Crippen LogP contribution in [0.15, 0.2) is 36.4 Å². The molecule has 2 heterocycles. The molecular formula is C21H23Cl2NO5. The molecule has 0 aliphatic carbocycles. The zero-order valence-electron chi connectivity index (χ0n) is 15.6. The van der Waals surface area contributed by atoms with Gasteiger partial charge in [-0.2, -0.15) is 0 Å². The fourth-order valence-electron chi connectivity index (χ4n) is 4.06. The maximum absolute atomic E-state index is 10.4. The van der Waals surface area contributed by atoms with Crippen LogP contribution in [0.1, 0.15) is 28.4 Å². The molecule has 1 saturated heterocycles. The fraction of sp³-hybridized carbons (Fsp3) is 0.429. The molecule has 2 aromatic rings. The number of nitrogens with zero attached hydrogens (tertiary/aromatic N) is 1. The average molecular weight is 440 g/mol. The lowest BCUT2D eigenvalue weighted by Gasteiger charge is -2.40. The number of ether oxygens (including phenoxy) is 1. The van der Waals surface area contributed by atoms with Crippen molar-refractivity contribution in [1.82, 2.24) is 4.90 Å². The molecule has 29 heavy (non-hydrogen) atoms. The Morgan fingerprint density at radius 1 is 0.931 bits per heavy atom. The molecule has 5 atom stereocenters. The van der Waals surface area contributed by atoms with Gasteiger partial charge in [-0.15, -0.1) is 0 Å². The van der Waals surface area contributed by atoms with Gasteiger partial charge in [0, 0.05) is 29.7 Å². The number of fused-ring (bicyclic) bond motifs is 1. The molecule has 0 aromatic heterocycles. The molecule has 2 aliphatic rings. The van der Waals surface area contributed by atoms with Gasteiger partial charge >= 0.3 is 0 Å². The molecule has 0 saturated carbocycles. The molecule has 5 unspecified atom stereocenters. The van der Waals surface area contributed by atoms with Gasteiger partial charge in [0.15, 0.2) is 0 Å². The van der Waals surface area contributed by atoms with Crippen LogP contribution in [0.25, 0.3) is 0 Å². The van der Waals surface area contributed by atoms with Crippen LogP contribution >= 0.6 is 23.2 Å². The van der Waals surface area contributed by atoms with Gasteiger partial charge in [0.1, 0.15) is 30.5 Å². The number of benzene rings is 2. The van der Waals surface area contributed by atoms with Crippen molar-refractivity contribution in [3.63, 3.8) is 0 Å². The Morgan fingerprint density at radius 3 is 2.45 bits per heavy atom. The van der Waals surface area contributed by atoms with E-state index in [4.69, 9.17) is 27.9 Å². The van der Waals surface area contributed by atoms with E-state index in [2.05, 4.69) is 4.90 Å². The molecule has 156 valence electrons. The highest BCUT2D eigenvalue weighted by atomic mass is 35.5. The van der Waals surface area contributed by atoms with Gasteiger partial charge in [0.25, 0.3) is 0 Å². The lowest BCUT2D eigenvalue weighted by atomic mass is 9.90. The summed E-state index contributed by atoms with van der Waals surface area (Å²) in [5, 5.41) is 41.2. The van der Waals surface area contributed by atoms with Crippen molar-refractivity contribution in [2.45, 2.75) is 50.2 Å². The van der Waals surface area contributed by atoms with Gasteiger partial charge in [-0.1, -0.05) is 41.4 Å². The highest BCUT2D eigenvalue weighted by Gasteiger charge is 2.44. The number of aliphatic hydroxyl groups is 4. The van der Waals surface area contributed by atoms with Crippen molar-refractivity contribution in [2.75, 3.05) is 6.61 Å². The molecule has 2 aromatic carbocycles. The van der Waals surface area contributed by atoms with Crippen LogP contribution in [-0.4, -0.2) is 56.3 Å². The van der Waals surface area contributed by atoms with Gasteiger partial charge in [0.2, 0.25) is 0 Å². The van der Waals surface area contributed by atoms with Crippen molar-refractivity contribution in [2.24, 2.45) is 0 Å². The maximum atomic E-state index is 10.4. The first-order valence-corrected chi connectivity index (χ1v) is 10.2. The highest BCUT2D eigenvalue weighted by Crippen LogP contribution is 2.35. The Hall–Kier alpha value is -1.22. The predicted molar refractivity (Wildman–Crippen MR) is 109 cm³/mol. The van der Waals surface area contributed by atoms with Crippen LogP contribution in [0.2, 0.25) is 10.0 Å². The third-order valence-corrected chi connectivity index (χ3v) is 6.24. The van der Waals surface area contributed by atoms with E-state index < -0.39 is 37.1 Å². The molecule has 0 bridgehead atoms. The van der Waals surface area contributed by atoms with E-state index >= 15 is 0 Å². The van der Waals surface area contributed by atoms with Crippen LogP contribution in [0, 0.1) is 0 Å². The first-order chi connectivity index (χ1) is 13.9. The van der Waals surface area contributed by atoms with Gasteiger partial charge in [-0.05, 0) is 40.5 Å². The topological polar surface area (TPSA) is 93.4 Å². The summed E-state index contributed by atoms with van der Waals surface area (Å²) in [7, 11) is 0. The zero-order chi connectivity index (χ0) is 20.7. The van der Waals surface area contributed by atoms with E-state index in [0.29, 0.717) is 22.2 Å². The Labute approximate surface area is 178 Å². The highest BCUT2D eigenvalue weighted by molar-refractivity contribution is 6.31. The van der Waals surface area contributed by atoms with Crippen molar-refractivity contribution in [1.29, 1.82) is 0 Å². The quantitative estimate of drug-likeness (QED) is 0.582. The van der Waals surface area contributed by atoms with Crippen molar-refractivity contribution in [3.8, 4) is 0 Å². The number of aliphatic hydroxyl groups excluding tert-OH is 4. The van der Waals surface area contributed by atoms with E-state index in [1.54, 1.807) is 12.1 Å². The van der Waals surface area contributed by atoms with E-state index in [-0.39, 0.29) is 0 Å². The first kappa shape index (κ1) is 21.0.